The molecule has 0 spiro atoms. The van der Waals surface area contributed by atoms with E-state index in [1.54, 1.807) is 0 Å². The third-order valence-corrected chi connectivity index (χ3v) is 3.62. The van der Waals surface area contributed by atoms with Crippen LogP contribution in [0.15, 0.2) is 30.6 Å². The molecular weight excluding hydrogens is 266 g/mol. The van der Waals surface area contributed by atoms with Gasteiger partial charge in [-0.1, -0.05) is 13.0 Å². The zero-order chi connectivity index (χ0) is 14.7. The Kier molecular flexibility index (Phi) is 4.10. The molecule has 0 radical (unpaired) electrons. The van der Waals surface area contributed by atoms with Crippen LogP contribution in [0.5, 0.6) is 11.5 Å². The van der Waals surface area contributed by atoms with E-state index in [4.69, 9.17) is 9.47 Å². The number of fused-ring (bicyclic) bond motifs is 1. The first-order chi connectivity index (χ1) is 10.3. The standard InChI is InChI=1S/C16H21N3O2/c1-3-17-16(13-10-18-19(4-2)11-13)12-5-6-14-15(9-12)21-8-7-20-14/h5-6,9-11,16-17H,3-4,7-8H2,1-2H3. The molecule has 1 aliphatic heterocycles. The first-order valence-electron chi connectivity index (χ1n) is 7.47. The Morgan fingerprint density at radius 3 is 2.71 bits per heavy atom. The molecule has 2 heterocycles. The number of hydrogen-bond acceptors (Lipinski definition) is 4. The molecule has 1 aromatic heterocycles. The lowest BCUT2D eigenvalue weighted by molar-refractivity contribution is 0.171. The molecule has 21 heavy (non-hydrogen) atoms. The van der Waals surface area contributed by atoms with Crippen molar-refractivity contribution >= 4 is 0 Å². The molecule has 3 rings (SSSR count). The molecule has 0 fully saturated rings. The topological polar surface area (TPSA) is 48.3 Å². The molecule has 1 aromatic carbocycles. The van der Waals surface area contributed by atoms with E-state index < -0.39 is 0 Å². The molecule has 1 aliphatic rings. The van der Waals surface area contributed by atoms with Crippen molar-refractivity contribution in [2.75, 3.05) is 19.8 Å². The Labute approximate surface area is 124 Å². The lowest BCUT2D eigenvalue weighted by Gasteiger charge is -2.22. The Morgan fingerprint density at radius 2 is 2.00 bits per heavy atom. The van der Waals surface area contributed by atoms with Gasteiger partial charge in [-0.05, 0) is 31.2 Å². The van der Waals surface area contributed by atoms with Crippen molar-refractivity contribution in [1.29, 1.82) is 0 Å². The van der Waals surface area contributed by atoms with Gasteiger partial charge < -0.3 is 14.8 Å². The Hall–Kier alpha value is -2.01. The van der Waals surface area contributed by atoms with E-state index in [2.05, 4.69) is 42.6 Å². The van der Waals surface area contributed by atoms with Crippen LogP contribution in [-0.4, -0.2) is 29.5 Å². The summed E-state index contributed by atoms with van der Waals surface area (Å²) in [6, 6.07) is 6.25. The van der Waals surface area contributed by atoms with Crippen LogP contribution in [0.4, 0.5) is 0 Å². The molecule has 5 nitrogen and oxygen atoms in total. The second-order valence-corrected chi connectivity index (χ2v) is 5.02. The van der Waals surface area contributed by atoms with Gasteiger partial charge in [-0.25, -0.2) is 0 Å². The summed E-state index contributed by atoms with van der Waals surface area (Å²) < 4.78 is 13.2. The van der Waals surface area contributed by atoms with Gasteiger partial charge >= 0.3 is 0 Å². The van der Waals surface area contributed by atoms with Gasteiger partial charge in [0, 0.05) is 18.3 Å². The third kappa shape index (κ3) is 2.88. The average molecular weight is 287 g/mol. The summed E-state index contributed by atoms with van der Waals surface area (Å²) in [7, 11) is 0. The van der Waals surface area contributed by atoms with Crippen LogP contribution >= 0.6 is 0 Å². The number of nitrogens with zero attached hydrogens (tertiary/aromatic N) is 2. The summed E-state index contributed by atoms with van der Waals surface area (Å²) >= 11 is 0. The summed E-state index contributed by atoms with van der Waals surface area (Å²) in [4.78, 5) is 0. The van der Waals surface area contributed by atoms with E-state index in [1.807, 2.05) is 16.9 Å². The van der Waals surface area contributed by atoms with Crippen molar-refractivity contribution in [3.63, 3.8) is 0 Å². The minimum atomic E-state index is 0.117. The van der Waals surface area contributed by atoms with Crippen molar-refractivity contribution < 1.29 is 9.47 Å². The van der Waals surface area contributed by atoms with Crippen LogP contribution < -0.4 is 14.8 Å². The maximum atomic E-state index is 5.68. The third-order valence-electron chi connectivity index (χ3n) is 3.62. The summed E-state index contributed by atoms with van der Waals surface area (Å²) in [5.41, 5.74) is 2.33. The fraction of sp³-hybridized carbons (Fsp3) is 0.438. The zero-order valence-corrected chi connectivity index (χ0v) is 12.5. The number of hydrogen-bond donors (Lipinski definition) is 1. The van der Waals surface area contributed by atoms with Gasteiger partial charge in [0.25, 0.3) is 0 Å². The van der Waals surface area contributed by atoms with E-state index in [0.29, 0.717) is 13.2 Å². The molecule has 0 saturated carbocycles. The molecule has 1 unspecified atom stereocenters. The zero-order valence-electron chi connectivity index (χ0n) is 12.5. The first kappa shape index (κ1) is 13.9. The molecule has 1 N–H and O–H groups in total. The monoisotopic (exact) mass is 287 g/mol. The van der Waals surface area contributed by atoms with Crippen molar-refractivity contribution in [3.05, 3.63) is 41.7 Å². The Balaban J connectivity index is 1.93. The highest BCUT2D eigenvalue weighted by Crippen LogP contribution is 2.34. The van der Waals surface area contributed by atoms with E-state index in [9.17, 15) is 0 Å². The van der Waals surface area contributed by atoms with Gasteiger partial charge in [-0.2, -0.15) is 5.10 Å². The van der Waals surface area contributed by atoms with Gasteiger partial charge in [-0.3, -0.25) is 4.68 Å². The highest BCUT2D eigenvalue weighted by Gasteiger charge is 2.19. The molecule has 0 aliphatic carbocycles. The molecule has 0 amide bonds. The highest BCUT2D eigenvalue weighted by atomic mass is 16.6. The van der Waals surface area contributed by atoms with Crippen molar-refractivity contribution in [3.8, 4) is 11.5 Å². The molecule has 1 atom stereocenters. The lowest BCUT2D eigenvalue weighted by atomic mass is 10.0. The van der Waals surface area contributed by atoms with Crippen molar-refractivity contribution in [2.24, 2.45) is 0 Å². The van der Waals surface area contributed by atoms with Crippen molar-refractivity contribution in [1.82, 2.24) is 15.1 Å². The lowest BCUT2D eigenvalue weighted by Crippen LogP contribution is -2.22. The maximum Gasteiger partial charge on any atom is 0.161 e. The molecule has 112 valence electrons. The predicted molar refractivity (Wildman–Crippen MR) is 80.9 cm³/mol. The molecule has 0 saturated heterocycles. The van der Waals surface area contributed by atoms with E-state index in [0.717, 1.165) is 35.7 Å². The Bertz CT molecular complexity index is 609. The first-order valence-corrected chi connectivity index (χ1v) is 7.47. The highest BCUT2D eigenvalue weighted by molar-refractivity contribution is 5.46. The fourth-order valence-electron chi connectivity index (χ4n) is 2.57. The second kappa shape index (κ2) is 6.18. The van der Waals surface area contributed by atoms with E-state index in [1.165, 1.54) is 0 Å². The minimum absolute atomic E-state index is 0.117. The van der Waals surface area contributed by atoms with Crippen molar-refractivity contribution in [2.45, 2.75) is 26.4 Å². The molecule has 5 heteroatoms. The van der Waals surface area contributed by atoms with Gasteiger partial charge in [-0.15, -0.1) is 0 Å². The number of nitrogens with one attached hydrogen (secondary N) is 1. The second-order valence-electron chi connectivity index (χ2n) is 5.02. The number of ether oxygens (including phenoxy) is 2. The maximum absolute atomic E-state index is 5.68. The Morgan fingerprint density at radius 1 is 1.19 bits per heavy atom. The van der Waals surface area contributed by atoms with Crippen LogP contribution in [-0.2, 0) is 6.54 Å². The van der Waals surface area contributed by atoms with Crippen LogP contribution in [0.25, 0.3) is 0 Å². The van der Waals surface area contributed by atoms with Crippen LogP contribution in [0, 0.1) is 0 Å². The number of benzene rings is 1. The predicted octanol–water partition coefficient (Wildman–Crippen LogP) is 2.37. The quantitative estimate of drug-likeness (QED) is 0.917. The molecular formula is C16H21N3O2. The van der Waals surface area contributed by atoms with Gasteiger partial charge in [0.1, 0.15) is 13.2 Å². The average Bonchev–Trinajstić information content (AvgIpc) is 3.01. The number of rotatable bonds is 5. The van der Waals surface area contributed by atoms with E-state index >= 15 is 0 Å². The smallest absolute Gasteiger partial charge is 0.161 e. The largest absolute Gasteiger partial charge is 0.486 e. The summed E-state index contributed by atoms with van der Waals surface area (Å²) in [5, 5.41) is 7.88. The van der Waals surface area contributed by atoms with Gasteiger partial charge in [0.2, 0.25) is 0 Å². The fourth-order valence-corrected chi connectivity index (χ4v) is 2.57. The van der Waals surface area contributed by atoms with Gasteiger partial charge in [0.05, 0.1) is 12.2 Å². The van der Waals surface area contributed by atoms with Crippen LogP contribution in [0.3, 0.4) is 0 Å². The summed E-state index contributed by atoms with van der Waals surface area (Å²) in [6.45, 7) is 7.18. The minimum Gasteiger partial charge on any atom is -0.486 e. The SMILES string of the molecule is CCNC(c1ccc2c(c1)OCCO2)c1cnn(CC)c1. The number of aryl methyl sites for hydroxylation is 1. The van der Waals surface area contributed by atoms with Gasteiger partial charge in [0.15, 0.2) is 11.5 Å². The molecule has 2 aromatic rings. The normalized spacial score (nSPS) is 15.0. The van der Waals surface area contributed by atoms with Crippen LogP contribution in [0.1, 0.15) is 31.0 Å². The van der Waals surface area contributed by atoms with Crippen LogP contribution in [0.2, 0.25) is 0 Å². The van der Waals surface area contributed by atoms with E-state index in [-0.39, 0.29) is 6.04 Å². The molecule has 0 bridgehead atoms. The summed E-state index contributed by atoms with van der Waals surface area (Å²) in [6.07, 6.45) is 4.01. The summed E-state index contributed by atoms with van der Waals surface area (Å²) in [5.74, 6) is 1.65. The number of aromatic nitrogens is 2.